The number of piperazine rings is 1. The summed E-state index contributed by atoms with van der Waals surface area (Å²) in [7, 11) is 0. The summed E-state index contributed by atoms with van der Waals surface area (Å²) in [5.41, 5.74) is 2.68. The lowest BCUT2D eigenvalue weighted by molar-refractivity contribution is 0.193. The molecule has 0 spiro atoms. The van der Waals surface area contributed by atoms with Gasteiger partial charge >= 0.3 is 0 Å². The van der Waals surface area contributed by atoms with Gasteiger partial charge in [0.25, 0.3) is 0 Å². The molecule has 0 aromatic heterocycles. The van der Waals surface area contributed by atoms with Crippen molar-refractivity contribution in [3.63, 3.8) is 0 Å². The molecule has 1 aliphatic heterocycles. The van der Waals surface area contributed by atoms with Crippen molar-refractivity contribution in [2.24, 2.45) is 0 Å². The Labute approximate surface area is 133 Å². The first kappa shape index (κ1) is 15.0. The van der Waals surface area contributed by atoms with Crippen LogP contribution < -0.4 is 5.32 Å². The molecule has 1 saturated heterocycles. The first-order valence-electron chi connectivity index (χ1n) is 8.11. The van der Waals surface area contributed by atoms with Gasteiger partial charge in [-0.2, -0.15) is 0 Å². The average Bonchev–Trinajstić information content (AvgIpc) is 2.57. The normalized spacial score (nSPS) is 19.5. The van der Waals surface area contributed by atoms with Gasteiger partial charge in [-0.25, -0.2) is 0 Å². The van der Waals surface area contributed by atoms with E-state index in [1.54, 1.807) is 0 Å². The van der Waals surface area contributed by atoms with Gasteiger partial charge in [-0.15, -0.1) is 0 Å². The monoisotopic (exact) mass is 292 g/mol. The Hall–Kier alpha value is -1.90. The SMILES string of the molecule is C(=C\c1ccccc1)/C[C@@H]1CN(Cc2ccccc2)CCN1. The molecule has 0 bridgehead atoms. The molecular weight excluding hydrogens is 268 g/mol. The van der Waals surface area contributed by atoms with Crippen molar-refractivity contribution in [2.75, 3.05) is 19.6 Å². The highest BCUT2D eigenvalue weighted by molar-refractivity contribution is 5.48. The van der Waals surface area contributed by atoms with Crippen LogP contribution in [-0.4, -0.2) is 30.6 Å². The molecule has 0 amide bonds. The van der Waals surface area contributed by atoms with Gasteiger partial charge in [0, 0.05) is 32.2 Å². The molecule has 0 radical (unpaired) electrons. The summed E-state index contributed by atoms with van der Waals surface area (Å²) in [6, 6.07) is 21.8. The van der Waals surface area contributed by atoms with Crippen LogP contribution in [0.4, 0.5) is 0 Å². The molecule has 22 heavy (non-hydrogen) atoms. The fourth-order valence-electron chi connectivity index (χ4n) is 2.97. The van der Waals surface area contributed by atoms with Gasteiger partial charge in [-0.3, -0.25) is 4.90 Å². The van der Waals surface area contributed by atoms with E-state index in [9.17, 15) is 0 Å². The zero-order valence-electron chi connectivity index (χ0n) is 13.0. The first-order chi connectivity index (χ1) is 10.9. The number of nitrogens with one attached hydrogen (secondary N) is 1. The van der Waals surface area contributed by atoms with E-state index >= 15 is 0 Å². The first-order valence-corrected chi connectivity index (χ1v) is 8.11. The van der Waals surface area contributed by atoms with Crippen molar-refractivity contribution in [1.29, 1.82) is 0 Å². The summed E-state index contributed by atoms with van der Waals surface area (Å²) in [6.07, 6.45) is 5.59. The van der Waals surface area contributed by atoms with E-state index in [4.69, 9.17) is 0 Å². The highest BCUT2D eigenvalue weighted by Crippen LogP contribution is 2.10. The molecule has 114 valence electrons. The van der Waals surface area contributed by atoms with Crippen molar-refractivity contribution < 1.29 is 0 Å². The second-order valence-corrected chi connectivity index (χ2v) is 5.92. The van der Waals surface area contributed by atoms with Gasteiger partial charge < -0.3 is 5.32 Å². The molecule has 2 nitrogen and oxygen atoms in total. The van der Waals surface area contributed by atoms with E-state index < -0.39 is 0 Å². The molecule has 1 fully saturated rings. The fourth-order valence-corrected chi connectivity index (χ4v) is 2.97. The summed E-state index contributed by atoms with van der Waals surface area (Å²) in [5, 5.41) is 3.63. The summed E-state index contributed by atoms with van der Waals surface area (Å²) in [4.78, 5) is 2.55. The summed E-state index contributed by atoms with van der Waals surface area (Å²) in [6.45, 7) is 4.39. The largest absolute Gasteiger partial charge is 0.311 e. The molecule has 0 aliphatic carbocycles. The maximum Gasteiger partial charge on any atom is 0.0234 e. The van der Waals surface area contributed by atoms with Crippen molar-refractivity contribution >= 4 is 6.08 Å². The second kappa shape index (κ2) is 7.92. The lowest BCUT2D eigenvalue weighted by Gasteiger charge is -2.33. The summed E-state index contributed by atoms with van der Waals surface area (Å²) in [5.74, 6) is 0. The predicted molar refractivity (Wildman–Crippen MR) is 93.6 cm³/mol. The highest BCUT2D eigenvalue weighted by Gasteiger charge is 2.17. The molecule has 2 heteroatoms. The third-order valence-electron chi connectivity index (χ3n) is 4.12. The predicted octanol–water partition coefficient (Wildman–Crippen LogP) is 3.56. The van der Waals surface area contributed by atoms with E-state index in [1.165, 1.54) is 11.1 Å². The maximum atomic E-state index is 3.63. The van der Waals surface area contributed by atoms with E-state index in [2.05, 4.69) is 83.0 Å². The van der Waals surface area contributed by atoms with E-state index in [-0.39, 0.29) is 0 Å². The average molecular weight is 292 g/mol. The van der Waals surface area contributed by atoms with Crippen LogP contribution in [0.25, 0.3) is 6.08 Å². The molecule has 3 rings (SSSR count). The Morgan fingerprint density at radius 2 is 1.73 bits per heavy atom. The van der Waals surface area contributed by atoms with Crippen molar-refractivity contribution in [1.82, 2.24) is 10.2 Å². The van der Waals surface area contributed by atoms with E-state index in [0.717, 1.165) is 32.6 Å². The van der Waals surface area contributed by atoms with Gasteiger partial charge in [-0.05, 0) is 17.5 Å². The minimum absolute atomic E-state index is 0.553. The Morgan fingerprint density at radius 3 is 2.50 bits per heavy atom. The minimum atomic E-state index is 0.553. The molecule has 2 aromatic rings. The lowest BCUT2D eigenvalue weighted by Crippen LogP contribution is -2.49. The van der Waals surface area contributed by atoms with Crippen LogP contribution in [0.1, 0.15) is 17.5 Å². The van der Waals surface area contributed by atoms with Crippen LogP contribution >= 0.6 is 0 Å². The van der Waals surface area contributed by atoms with Crippen LogP contribution in [0, 0.1) is 0 Å². The van der Waals surface area contributed by atoms with Crippen LogP contribution in [-0.2, 0) is 6.54 Å². The van der Waals surface area contributed by atoms with Gasteiger partial charge in [0.1, 0.15) is 0 Å². The molecule has 1 aliphatic rings. The van der Waals surface area contributed by atoms with Gasteiger partial charge in [-0.1, -0.05) is 72.8 Å². The van der Waals surface area contributed by atoms with Crippen molar-refractivity contribution in [3.05, 3.63) is 77.9 Å². The molecule has 1 atom stereocenters. The third kappa shape index (κ3) is 4.55. The summed E-state index contributed by atoms with van der Waals surface area (Å²) >= 11 is 0. The summed E-state index contributed by atoms with van der Waals surface area (Å²) < 4.78 is 0. The highest BCUT2D eigenvalue weighted by atomic mass is 15.2. The smallest absolute Gasteiger partial charge is 0.0234 e. The Bertz CT molecular complexity index is 577. The minimum Gasteiger partial charge on any atom is -0.311 e. The number of hydrogen-bond acceptors (Lipinski definition) is 2. The number of nitrogens with zero attached hydrogens (tertiary/aromatic N) is 1. The van der Waals surface area contributed by atoms with Crippen LogP contribution in [0.15, 0.2) is 66.7 Å². The van der Waals surface area contributed by atoms with Crippen LogP contribution in [0.5, 0.6) is 0 Å². The second-order valence-electron chi connectivity index (χ2n) is 5.92. The lowest BCUT2D eigenvalue weighted by atomic mass is 10.1. The molecular formula is C20H24N2. The molecule has 2 aromatic carbocycles. The third-order valence-corrected chi connectivity index (χ3v) is 4.12. The molecule has 0 unspecified atom stereocenters. The zero-order valence-corrected chi connectivity index (χ0v) is 13.0. The van der Waals surface area contributed by atoms with E-state index in [0.29, 0.717) is 6.04 Å². The zero-order chi connectivity index (χ0) is 15.0. The number of hydrogen-bond donors (Lipinski definition) is 1. The molecule has 0 saturated carbocycles. The van der Waals surface area contributed by atoms with Gasteiger partial charge in [0.15, 0.2) is 0 Å². The van der Waals surface area contributed by atoms with E-state index in [1.807, 2.05) is 0 Å². The maximum absolute atomic E-state index is 3.63. The molecule has 1 heterocycles. The Morgan fingerprint density at radius 1 is 1.00 bits per heavy atom. The van der Waals surface area contributed by atoms with Crippen LogP contribution in [0.2, 0.25) is 0 Å². The number of rotatable bonds is 5. The van der Waals surface area contributed by atoms with Gasteiger partial charge in [0.2, 0.25) is 0 Å². The number of benzene rings is 2. The van der Waals surface area contributed by atoms with Crippen LogP contribution in [0.3, 0.4) is 0 Å². The quantitative estimate of drug-likeness (QED) is 0.906. The van der Waals surface area contributed by atoms with Gasteiger partial charge in [0.05, 0.1) is 0 Å². The Kier molecular flexibility index (Phi) is 5.41. The Balaban J connectivity index is 1.49. The molecule has 1 N–H and O–H groups in total. The topological polar surface area (TPSA) is 15.3 Å². The van der Waals surface area contributed by atoms with Crippen molar-refractivity contribution in [2.45, 2.75) is 19.0 Å². The van der Waals surface area contributed by atoms with Crippen molar-refractivity contribution in [3.8, 4) is 0 Å². The fraction of sp³-hybridized carbons (Fsp3) is 0.300. The standard InChI is InChI=1S/C20H24N2/c1-3-8-18(9-4-1)12-7-13-20-17-22(15-14-21-20)16-19-10-5-2-6-11-19/h1-12,20-21H,13-17H2/b12-7+/t20-/m1/s1.